The molecule has 1 fully saturated rings. The van der Waals surface area contributed by atoms with E-state index in [1.165, 1.54) is 0 Å². The van der Waals surface area contributed by atoms with E-state index in [0.29, 0.717) is 12.4 Å². The summed E-state index contributed by atoms with van der Waals surface area (Å²) < 4.78 is 5.23. The molecule has 0 aromatic carbocycles. The van der Waals surface area contributed by atoms with Gasteiger partial charge in [-0.3, -0.25) is 4.79 Å². The first-order valence-corrected chi connectivity index (χ1v) is 8.04. The zero-order chi connectivity index (χ0) is 14.4. The standard InChI is InChI=1S/C13H26N2O3S/c1-12(17,10-19-3)8-15-11(16)13(9-18-2)4-6-14-7-5-13/h14,17H,4-10H2,1-3H3,(H,15,16). The Labute approximate surface area is 119 Å². The van der Waals surface area contributed by atoms with Gasteiger partial charge in [-0.05, 0) is 39.1 Å². The monoisotopic (exact) mass is 290 g/mol. The molecule has 0 spiro atoms. The summed E-state index contributed by atoms with van der Waals surface area (Å²) in [5, 5.41) is 16.2. The van der Waals surface area contributed by atoms with Crippen LogP contribution in [0.15, 0.2) is 0 Å². The summed E-state index contributed by atoms with van der Waals surface area (Å²) in [6.45, 7) is 4.13. The number of hydrogen-bond acceptors (Lipinski definition) is 5. The SMILES string of the molecule is COCC1(C(=O)NCC(C)(O)CSC)CCNCC1. The van der Waals surface area contributed by atoms with Crippen LogP contribution in [-0.4, -0.2) is 62.0 Å². The van der Waals surface area contributed by atoms with E-state index in [1.54, 1.807) is 25.8 Å². The Balaban J connectivity index is 2.57. The summed E-state index contributed by atoms with van der Waals surface area (Å²) in [4.78, 5) is 12.4. The molecule has 0 aromatic rings. The summed E-state index contributed by atoms with van der Waals surface area (Å²) in [6.07, 6.45) is 3.49. The molecule has 0 saturated carbocycles. The quantitative estimate of drug-likeness (QED) is 0.626. The maximum Gasteiger partial charge on any atom is 0.228 e. The third-order valence-corrected chi connectivity index (χ3v) is 4.46. The zero-order valence-corrected chi connectivity index (χ0v) is 12.9. The number of rotatable bonds is 7. The molecule has 3 N–H and O–H groups in total. The van der Waals surface area contributed by atoms with Crippen LogP contribution in [-0.2, 0) is 9.53 Å². The van der Waals surface area contributed by atoms with Crippen LogP contribution in [0.25, 0.3) is 0 Å². The fourth-order valence-corrected chi connectivity index (χ4v) is 3.16. The first-order chi connectivity index (χ1) is 8.96. The number of aliphatic hydroxyl groups is 1. The highest BCUT2D eigenvalue weighted by atomic mass is 32.2. The van der Waals surface area contributed by atoms with Gasteiger partial charge in [0, 0.05) is 19.4 Å². The van der Waals surface area contributed by atoms with E-state index in [0.717, 1.165) is 25.9 Å². The second-order valence-corrected chi connectivity index (χ2v) is 6.44. The van der Waals surface area contributed by atoms with Gasteiger partial charge in [0.15, 0.2) is 0 Å². The Morgan fingerprint density at radius 1 is 1.53 bits per heavy atom. The van der Waals surface area contributed by atoms with Gasteiger partial charge in [0.2, 0.25) is 5.91 Å². The van der Waals surface area contributed by atoms with E-state index < -0.39 is 11.0 Å². The summed E-state index contributed by atoms with van der Waals surface area (Å²) >= 11 is 1.57. The van der Waals surface area contributed by atoms with Gasteiger partial charge in [-0.2, -0.15) is 11.8 Å². The van der Waals surface area contributed by atoms with Gasteiger partial charge in [0.25, 0.3) is 0 Å². The molecule has 0 aliphatic carbocycles. The van der Waals surface area contributed by atoms with Gasteiger partial charge < -0.3 is 20.5 Å². The lowest BCUT2D eigenvalue weighted by molar-refractivity contribution is -0.137. The molecule has 5 nitrogen and oxygen atoms in total. The van der Waals surface area contributed by atoms with Crippen molar-refractivity contribution in [1.29, 1.82) is 0 Å². The second kappa shape index (κ2) is 7.47. The molecule has 1 aliphatic rings. The Morgan fingerprint density at radius 3 is 2.68 bits per heavy atom. The summed E-state index contributed by atoms with van der Waals surface area (Å²) in [5.74, 6) is 0.601. The van der Waals surface area contributed by atoms with Crippen molar-refractivity contribution in [2.24, 2.45) is 5.41 Å². The van der Waals surface area contributed by atoms with Gasteiger partial charge in [0.1, 0.15) is 0 Å². The molecule has 0 aromatic heterocycles. The number of piperidine rings is 1. The van der Waals surface area contributed by atoms with Crippen LogP contribution in [0.1, 0.15) is 19.8 Å². The van der Waals surface area contributed by atoms with Crippen molar-refractivity contribution in [2.45, 2.75) is 25.4 Å². The number of methoxy groups -OCH3 is 1. The largest absolute Gasteiger partial charge is 0.387 e. The molecule has 1 unspecified atom stereocenters. The highest BCUT2D eigenvalue weighted by Crippen LogP contribution is 2.29. The molecule has 1 saturated heterocycles. The Bertz CT molecular complexity index is 286. The van der Waals surface area contributed by atoms with Crippen molar-refractivity contribution >= 4 is 17.7 Å². The predicted molar refractivity (Wildman–Crippen MR) is 78.4 cm³/mol. The van der Waals surface area contributed by atoms with E-state index in [9.17, 15) is 9.90 Å². The van der Waals surface area contributed by atoms with Crippen LogP contribution in [0.4, 0.5) is 0 Å². The van der Waals surface area contributed by atoms with Crippen molar-refractivity contribution in [3.8, 4) is 0 Å². The van der Waals surface area contributed by atoms with E-state index in [-0.39, 0.29) is 12.5 Å². The molecular formula is C13H26N2O3S. The van der Waals surface area contributed by atoms with E-state index in [2.05, 4.69) is 10.6 Å². The summed E-state index contributed by atoms with van der Waals surface area (Å²) in [6, 6.07) is 0. The molecule has 1 aliphatic heterocycles. The minimum Gasteiger partial charge on any atom is -0.387 e. The van der Waals surface area contributed by atoms with Gasteiger partial charge >= 0.3 is 0 Å². The minimum absolute atomic E-state index is 0.00257. The Kier molecular flexibility index (Phi) is 6.59. The maximum atomic E-state index is 12.4. The minimum atomic E-state index is -0.865. The lowest BCUT2D eigenvalue weighted by Gasteiger charge is -2.36. The molecular weight excluding hydrogens is 264 g/mol. The van der Waals surface area contributed by atoms with E-state index >= 15 is 0 Å². The molecule has 1 rings (SSSR count). The molecule has 6 heteroatoms. The molecule has 1 atom stereocenters. The van der Waals surface area contributed by atoms with Crippen molar-refractivity contribution < 1.29 is 14.6 Å². The molecule has 112 valence electrons. The van der Waals surface area contributed by atoms with Crippen LogP contribution in [0.5, 0.6) is 0 Å². The molecule has 0 bridgehead atoms. The lowest BCUT2D eigenvalue weighted by Crippen LogP contribution is -2.53. The van der Waals surface area contributed by atoms with Crippen molar-refractivity contribution in [3.63, 3.8) is 0 Å². The van der Waals surface area contributed by atoms with Gasteiger partial charge in [-0.25, -0.2) is 0 Å². The lowest BCUT2D eigenvalue weighted by atomic mass is 9.78. The number of hydrogen-bond donors (Lipinski definition) is 3. The molecule has 19 heavy (non-hydrogen) atoms. The van der Waals surface area contributed by atoms with Crippen LogP contribution < -0.4 is 10.6 Å². The number of thioether (sulfide) groups is 1. The zero-order valence-electron chi connectivity index (χ0n) is 12.1. The predicted octanol–water partition coefficient (Wildman–Crippen LogP) is 0.233. The van der Waals surface area contributed by atoms with E-state index in [4.69, 9.17) is 4.74 Å². The average molecular weight is 290 g/mol. The molecule has 1 heterocycles. The van der Waals surface area contributed by atoms with Crippen LogP contribution >= 0.6 is 11.8 Å². The Hall–Kier alpha value is -0.300. The van der Waals surface area contributed by atoms with Gasteiger partial charge in [0.05, 0.1) is 17.6 Å². The number of nitrogens with one attached hydrogen (secondary N) is 2. The third kappa shape index (κ3) is 4.95. The van der Waals surface area contributed by atoms with Crippen LogP contribution in [0.3, 0.4) is 0 Å². The van der Waals surface area contributed by atoms with Gasteiger partial charge in [-0.1, -0.05) is 0 Å². The highest BCUT2D eigenvalue weighted by molar-refractivity contribution is 7.98. The Morgan fingerprint density at radius 2 is 2.16 bits per heavy atom. The van der Waals surface area contributed by atoms with Crippen molar-refractivity contribution in [2.75, 3.05) is 45.4 Å². The first-order valence-electron chi connectivity index (χ1n) is 6.65. The second-order valence-electron chi connectivity index (χ2n) is 5.58. The smallest absolute Gasteiger partial charge is 0.228 e. The fourth-order valence-electron chi connectivity index (χ4n) is 2.44. The third-order valence-electron chi connectivity index (χ3n) is 3.55. The average Bonchev–Trinajstić information content (AvgIpc) is 2.37. The maximum absolute atomic E-state index is 12.4. The number of carbonyl (C=O) groups is 1. The number of carbonyl (C=O) groups excluding carboxylic acids is 1. The first kappa shape index (κ1) is 16.8. The fraction of sp³-hybridized carbons (Fsp3) is 0.923. The van der Waals surface area contributed by atoms with Crippen molar-refractivity contribution in [1.82, 2.24) is 10.6 Å². The molecule has 1 amide bonds. The van der Waals surface area contributed by atoms with Crippen molar-refractivity contribution in [3.05, 3.63) is 0 Å². The van der Waals surface area contributed by atoms with Gasteiger partial charge in [-0.15, -0.1) is 0 Å². The highest BCUT2D eigenvalue weighted by Gasteiger charge is 2.40. The molecule has 0 radical (unpaired) electrons. The number of ether oxygens (including phenoxy) is 1. The van der Waals surface area contributed by atoms with Crippen LogP contribution in [0.2, 0.25) is 0 Å². The number of amides is 1. The summed E-state index contributed by atoms with van der Waals surface area (Å²) in [5.41, 5.74) is -1.31. The van der Waals surface area contributed by atoms with Crippen LogP contribution in [0, 0.1) is 5.41 Å². The topological polar surface area (TPSA) is 70.6 Å². The summed E-state index contributed by atoms with van der Waals surface area (Å²) in [7, 11) is 1.63. The van der Waals surface area contributed by atoms with E-state index in [1.807, 2.05) is 6.26 Å². The normalized spacial score (nSPS) is 21.7.